The zero-order chi connectivity index (χ0) is 17.9. The molecule has 0 bridgehead atoms. The maximum absolute atomic E-state index is 12.9. The van der Waals surface area contributed by atoms with Crippen LogP contribution in [0.5, 0.6) is 0 Å². The Balaban J connectivity index is 1.62. The molecular weight excluding hydrogens is 371 g/mol. The number of hydrogen-bond acceptors (Lipinski definition) is 7. The Labute approximate surface area is 147 Å². The molecule has 0 atom stereocenters. The summed E-state index contributed by atoms with van der Waals surface area (Å²) in [5.41, 5.74) is 2.20. The van der Waals surface area contributed by atoms with Crippen LogP contribution in [0.4, 0.5) is 9.52 Å². The monoisotopic (exact) mass is 386 g/mol. The van der Waals surface area contributed by atoms with E-state index in [0.717, 1.165) is 24.3 Å². The van der Waals surface area contributed by atoms with Crippen LogP contribution in [0.25, 0.3) is 0 Å². The van der Waals surface area contributed by atoms with Gasteiger partial charge in [0.1, 0.15) is 11.5 Å². The number of carbonyl (C=O) groups is 1. The lowest BCUT2D eigenvalue weighted by molar-refractivity contribution is 0.0940. The van der Waals surface area contributed by atoms with Crippen molar-refractivity contribution in [2.24, 2.45) is 0 Å². The molecule has 0 radical (unpaired) electrons. The fourth-order valence-corrected chi connectivity index (χ4v) is 3.82. The van der Waals surface area contributed by atoms with E-state index in [9.17, 15) is 17.6 Å². The topological polar surface area (TPSA) is 101 Å². The molecule has 0 aliphatic carbocycles. The lowest BCUT2D eigenvalue weighted by Gasteiger charge is -2.25. The van der Waals surface area contributed by atoms with Gasteiger partial charge in [-0.1, -0.05) is 0 Å². The number of thiazole rings is 1. The molecule has 2 aromatic rings. The molecule has 8 nitrogen and oxygen atoms in total. The second-order valence-electron chi connectivity index (χ2n) is 5.13. The zero-order valence-corrected chi connectivity index (χ0v) is 14.6. The summed E-state index contributed by atoms with van der Waals surface area (Å²) < 4.78 is 42.2. The molecule has 0 spiro atoms. The van der Waals surface area contributed by atoms with E-state index in [1.807, 2.05) is 9.73 Å². The summed E-state index contributed by atoms with van der Waals surface area (Å²) in [6.45, 7) is 2.56. The van der Waals surface area contributed by atoms with Crippen molar-refractivity contribution < 1.29 is 22.3 Å². The number of nitrogens with one attached hydrogen (secondary N) is 2. The third-order valence-electron chi connectivity index (χ3n) is 3.43. The number of aromatic nitrogens is 1. The summed E-state index contributed by atoms with van der Waals surface area (Å²) in [5, 5.41) is 2.22. The first-order valence-corrected chi connectivity index (χ1v) is 9.68. The minimum atomic E-state index is -3.99. The summed E-state index contributed by atoms with van der Waals surface area (Å²) >= 11 is 1.30. The van der Waals surface area contributed by atoms with Crippen LogP contribution < -0.4 is 15.2 Å². The fourth-order valence-electron chi connectivity index (χ4n) is 2.12. The summed E-state index contributed by atoms with van der Waals surface area (Å²) in [5.74, 6) is -1.23. The maximum Gasteiger partial charge on any atom is 0.285 e. The minimum Gasteiger partial charge on any atom is -0.378 e. The number of hydrogen-bond donors (Lipinski definition) is 2. The number of sulfonamides is 1. The van der Waals surface area contributed by atoms with Crippen LogP contribution in [0.3, 0.4) is 0 Å². The van der Waals surface area contributed by atoms with Crippen LogP contribution in [0, 0.1) is 5.82 Å². The third-order valence-corrected chi connectivity index (χ3v) is 5.59. The molecule has 1 saturated heterocycles. The lowest BCUT2D eigenvalue weighted by Crippen LogP contribution is -2.41. The van der Waals surface area contributed by atoms with Gasteiger partial charge in [0.25, 0.3) is 15.9 Å². The van der Waals surface area contributed by atoms with Crippen LogP contribution in [0.15, 0.2) is 34.5 Å². The van der Waals surface area contributed by atoms with Crippen molar-refractivity contribution in [2.75, 3.05) is 31.2 Å². The Hall–Kier alpha value is -2.08. The normalized spacial score (nSPS) is 15.2. The van der Waals surface area contributed by atoms with E-state index in [-0.39, 0.29) is 10.6 Å². The second-order valence-corrected chi connectivity index (χ2v) is 7.65. The summed E-state index contributed by atoms with van der Waals surface area (Å²) in [6.07, 6.45) is 0. The second kappa shape index (κ2) is 7.44. The summed E-state index contributed by atoms with van der Waals surface area (Å²) in [6, 6.07) is 4.24. The van der Waals surface area contributed by atoms with Gasteiger partial charge in [0, 0.05) is 18.5 Å². The van der Waals surface area contributed by atoms with Gasteiger partial charge in [-0.2, -0.15) is 0 Å². The molecule has 1 aliphatic rings. The van der Waals surface area contributed by atoms with Crippen molar-refractivity contribution in [2.45, 2.75) is 4.90 Å². The van der Waals surface area contributed by atoms with Crippen molar-refractivity contribution >= 4 is 32.4 Å². The number of rotatable bonds is 5. The molecule has 2 N–H and O–H groups in total. The highest BCUT2D eigenvalue weighted by Gasteiger charge is 2.19. The molecule has 11 heteroatoms. The van der Waals surface area contributed by atoms with E-state index < -0.39 is 21.7 Å². The smallest absolute Gasteiger partial charge is 0.285 e. The molecule has 1 aromatic carbocycles. The van der Waals surface area contributed by atoms with Gasteiger partial charge in [0.2, 0.25) is 0 Å². The number of benzene rings is 1. The van der Waals surface area contributed by atoms with Crippen LogP contribution >= 0.6 is 11.3 Å². The van der Waals surface area contributed by atoms with Gasteiger partial charge in [-0.3, -0.25) is 10.2 Å². The highest BCUT2D eigenvalue weighted by atomic mass is 32.2. The largest absolute Gasteiger partial charge is 0.378 e. The van der Waals surface area contributed by atoms with Gasteiger partial charge in [0.15, 0.2) is 5.13 Å². The first-order valence-electron chi connectivity index (χ1n) is 7.32. The Bertz CT molecular complexity index is 848. The quantitative estimate of drug-likeness (QED) is 0.736. The van der Waals surface area contributed by atoms with Crippen molar-refractivity contribution in [1.29, 1.82) is 0 Å². The predicted molar refractivity (Wildman–Crippen MR) is 89.3 cm³/mol. The number of nitrogens with zero attached hydrogens (tertiary/aromatic N) is 2. The molecule has 2 heterocycles. The number of anilines is 1. The van der Waals surface area contributed by atoms with Crippen LogP contribution in [-0.2, 0) is 14.8 Å². The summed E-state index contributed by atoms with van der Waals surface area (Å²) in [4.78, 5) is 20.1. The molecule has 1 aliphatic heterocycles. The highest BCUT2D eigenvalue weighted by Crippen LogP contribution is 2.21. The number of morpholine rings is 1. The average molecular weight is 386 g/mol. The molecule has 1 fully saturated rings. The fraction of sp³-hybridized carbons (Fsp3) is 0.286. The van der Waals surface area contributed by atoms with Gasteiger partial charge in [-0.25, -0.2) is 17.8 Å². The number of halogens is 1. The number of hydrazine groups is 1. The predicted octanol–water partition coefficient (Wildman–Crippen LogP) is 0.742. The van der Waals surface area contributed by atoms with Crippen molar-refractivity contribution in [3.05, 3.63) is 41.2 Å². The van der Waals surface area contributed by atoms with Gasteiger partial charge in [-0.15, -0.1) is 16.2 Å². The average Bonchev–Trinajstić information content (AvgIpc) is 3.11. The Morgan fingerprint density at radius 3 is 2.60 bits per heavy atom. The maximum atomic E-state index is 12.9. The third kappa shape index (κ3) is 4.31. The molecular formula is C14H15FN4O4S2. The molecule has 3 rings (SSSR count). The molecule has 1 aromatic heterocycles. The molecule has 25 heavy (non-hydrogen) atoms. The summed E-state index contributed by atoms with van der Waals surface area (Å²) in [7, 11) is -3.99. The number of amides is 1. The molecule has 0 unspecified atom stereocenters. The number of ether oxygens (including phenoxy) is 1. The first kappa shape index (κ1) is 17.7. The standard InChI is InChI=1S/C14H15FN4O4S2/c15-10-1-3-11(4-2-10)25(21,22)18-17-13(20)12-9-24-14(16-12)19-5-7-23-8-6-19/h1-4,9,18H,5-8H2,(H,17,20). The Morgan fingerprint density at radius 2 is 1.92 bits per heavy atom. The Morgan fingerprint density at radius 1 is 1.24 bits per heavy atom. The molecule has 1 amide bonds. The molecule has 0 saturated carbocycles. The lowest BCUT2D eigenvalue weighted by atomic mass is 10.4. The SMILES string of the molecule is O=C(NNS(=O)(=O)c1ccc(F)cc1)c1csc(N2CCOCC2)n1. The van der Waals surface area contributed by atoms with Crippen molar-refractivity contribution in [1.82, 2.24) is 15.2 Å². The Kier molecular flexibility index (Phi) is 5.27. The highest BCUT2D eigenvalue weighted by molar-refractivity contribution is 7.89. The van der Waals surface area contributed by atoms with Gasteiger partial charge < -0.3 is 9.64 Å². The van der Waals surface area contributed by atoms with E-state index in [1.54, 1.807) is 5.38 Å². The van der Waals surface area contributed by atoms with Gasteiger partial charge in [-0.05, 0) is 24.3 Å². The van der Waals surface area contributed by atoms with Gasteiger partial charge >= 0.3 is 0 Å². The zero-order valence-electron chi connectivity index (χ0n) is 12.9. The van der Waals surface area contributed by atoms with Crippen LogP contribution in [0.1, 0.15) is 10.5 Å². The number of carbonyl (C=O) groups excluding carboxylic acids is 1. The van der Waals surface area contributed by atoms with E-state index >= 15 is 0 Å². The van der Waals surface area contributed by atoms with E-state index in [2.05, 4.69) is 10.4 Å². The molecule has 134 valence electrons. The minimum absolute atomic E-state index is 0.105. The van der Waals surface area contributed by atoms with Crippen LogP contribution in [-0.4, -0.2) is 45.6 Å². The van der Waals surface area contributed by atoms with Crippen molar-refractivity contribution in [3.63, 3.8) is 0 Å². The van der Waals surface area contributed by atoms with E-state index in [4.69, 9.17) is 4.74 Å². The first-order chi connectivity index (χ1) is 12.0. The van der Waals surface area contributed by atoms with E-state index in [0.29, 0.717) is 31.4 Å². The van der Waals surface area contributed by atoms with Crippen molar-refractivity contribution in [3.8, 4) is 0 Å². The van der Waals surface area contributed by atoms with E-state index in [1.165, 1.54) is 11.3 Å². The van der Waals surface area contributed by atoms with Crippen LogP contribution in [0.2, 0.25) is 0 Å². The van der Waals surface area contributed by atoms with Gasteiger partial charge in [0.05, 0.1) is 18.1 Å².